The van der Waals surface area contributed by atoms with E-state index in [1.165, 1.54) is 17.2 Å². The van der Waals surface area contributed by atoms with Gasteiger partial charge in [0.2, 0.25) is 0 Å². The van der Waals surface area contributed by atoms with Crippen LogP contribution in [0.15, 0.2) is 94.4 Å². The van der Waals surface area contributed by atoms with Gasteiger partial charge in [0, 0.05) is 29.5 Å². The molecule has 0 fully saturated rings. The molecule has 240 valence electrons. The van der Waals surface area contributed by atoms with Crippen LogP contribution in [0.4, 0.5) is 0 Å². The fraction of sp³-hybridized carbons (Fsp3) is 0.216. The summed E-state index contributed by atoms with van der Waals surface area (Å²) in [7, 11) is 0. The van der Waals surface area contributed by atoms with Crippen LogP contribution in [-0.2, 0) is 6.54 Å². The highest BCUT2D eigenvalue weighted by Gasteiger charge is 2.20. The molecule has 0 saturated heterocycles. The number of nitriles is 3. The number of halogens is 2. The second kappa shape index (κ2) is 18.4. The number of nitrogens with two attached hydrogens (primary N) is 1. The molecule has 4 aromatic rings. The number of nitrogens with zero attached hydrogens (tertiary/aromatic N) is 3. The zero-order valence-electron chi connectivity index (χ0n) is 26.0. The lowest BCUT2D eigenvalue weighted by Crippen LogP contribution is -1.97. The molecule has 0 aromatic heterocycles. The first-order chi connectivity index (χ1) is 22.6. The van der Waals surface area contributed by atoms with Crippen molar-refractivity contribution in [3.8, 4) is 41.2 Å². The summed E-state index contributed by atoms with van der Waals surface area (Å²) in [6, 6.07) is 27.7. The first kappa shape index (κ1) is 36.7. The van der Waals surface area contributed by atoms with E-state index in [1.54, 1.807) is 42.5 Å². The summed E-state index contributed by atoms with van der Waals surface area (Å²) in [5.41, 5.74) is 11.1. The van der Waals surface area contributed by atoms with Gasteiger partial charge in [-0.2, -0.15) is 15.8 Å². The summed E-state index contributed by atoms with van der Waals surface area (Å²) < 4.78 is 17.5. The first-order valence-electron chi connectivity index (χ1n) is 14.6. The molecule has 0 spiro atoms. The Morgan fingerprint density at radius 3 is 1.85 bits per heavy atom. The largest absolute Gasteiger partial charge is 0.507 e. The van der Waals surface area contributed by atoms with Crippen LogP contribution in [0, 0.1) is 34.0 Å². The smallest absolute Gasteiger partial charge is 0.134 e. The van der Waals surface area contributed by atoms with E-state index in [0.717, 1.165) is 40.5 Å². The molecule has 0 bridgehead atoms. The van der Waals surface area contributed by atoms with Gasteiger partial charge in [-0.15, -0.1) is 0 Å². The van der Waals surface area contributed by atoms with E-state index >= 15 is 0 Å². The van der Waals surface area contributed by atoms with Gasteiger partial charge >= 0.3 is 0 Å². The predicted octanol–water partition coefficient (Wildman–Crippen LogP) is 8.61. The lowest BCUT2D eigenvalue weighted by atomic mass is 10.0. The molecule has 6 rings (SSSR count). The van der Waals surface area contributed by atoms with E-state index < -0.39 is 0 Å². The highest BCUT2D eigenvalue weighted by atomic mass is 79.9. The van der Waals surface area contributed by atoms with E-state index in [1.807, 2.05) is 36.4 Å². The maximum Gasteiger partial charge on any atom is 0.134 e. The lowest BCUT2D eigenvalue weighted by molar-refractivity contribution is 0.337. The molecule has 10 heteroatoms. The Labute approximate surface area is 292 Å². The van der Waals surface area contributed by atoms with Crippen molar-refractivity contribution in [2.45, 2.75) is 32.2 Å². The fourth-order valence-electron chi connectivity index (χ4n) is 4.40. The minimum atomic E-state index is 0.152. The molecule has 47 heavy (non-hydrogen) atoms. The first-order valence-corrected chi connectivity index (χ1v) is 16.2. The fourth-order valence-corrected chi connectivity index (χ4v) is 5.27. The number of fused-ring (bicyclic) bond motifs is 2. The normalized spacial score (nSPS) is 14.5. The zero-order valence-corrected chi connectivity index (χ0v) is 29.2. The Bertz CT molecular complexity index is 1820. The summed E-state index contributed by atoms with van der Waals surface area (Å²) >= 11 is 6.39. The number of rotatable bonds is 4. The molecule has 2 unspecified atom stereocenters. The van der Waals surface area contributed by atoms with Crippen LogP contribution < -0.4 is 19.9 Å². The van der Waals surface area contributed by atoms with Crippen molar-refractivity contribution in [3.63, 3.8) is 0 Å². The molecule has 4 aromatic carbocycles. The van der Waals surface area contributed by atoms with E-state index in [2.05, 4.69) is 64.4 Å². The van der Waals surface area contributed by atoms with Crippen LogP contribution in [0.1, 0.15) is 59.1 Å². The zero-order chi connectivity index (χ0) is 34.3. The molecule has 8 nitrogen and oxygen atoms in total. The van der Waals surface area contributed by atoms with Crippen LogP contribution >= 0.6 is 31.9 Å². The van der Waals surface area contributed by atoms with Gasteiger partial charge in [0.05, 0.1) is 57.1 Å². The van der Waals surface area contributed by atoms with Crippen LogP contribution in [0.3, 0.4) is 0 Å². The van der Waals surface area contributed by atoms with E-state index in [9.17, 15) is 0 Å². The van der Waals surface area contributed by atoms with Gasteiger partial charge in [-0.1, -0.05) is 38.6 Å². The van der Waals surface area contributed by atoms with Gasteiger partial charge in [0.1, 0.15) is 29.6 Å². The minimum absolute atomic E-state index is 0.152. The van der Waals surface area contributed by atoms with Crippen molar-refractivity contribution >= 4 is 31.9 Å². The monoisotopic (exact) mass is 756 g/mol. The predicted molar refractivity (Wildman–Crippen MR) is 188 cm³/mol. The Balaban J connectivity index is 0.000000171. The second-order valence-corrected chi connectivity index (χ2v) is 12.2. The summed E-state index contributed by atoms with van der Waals surface area (Å²) in [5.74, 6) is 3.78. The number of aromatic hydroxyl groups is 1. The molecule has 0 amide bonds. The Hall–Kier alpha value is -4.79. The highest BCUT2D eigenvalue weighted by molar-refractivity contribution is 9.10. The molecule has 2 aliphatic heterocycles. The molecule has 2 heterocycles. The second-order valence-electron chi connectivity index (χ2n) is 10.5. The van der Waals surface area contributed by atoms with Gasteiger partial charge in [-0.05, 0) is 98.1 Å². The van der Waals surface area contributed by atoms with Gasteiger partial charge in [-0.3, -0.25) is 0 Å². The molecule has 2 atom stereocenters. The molecule has 0 aliphatic carbocycles. The van der Waals surface area contributed by atoms with Gasteiger partial charge in [0.25, 0.3) is 0 Å². The van der Waals surface area contributed by atoms with Crippen LogP contribution in [0.25, 0.3) is 0 Å². The topological polar surface area (TPSA) is 145 Å². The Kier molecular flexibility index (Phi) is 14.3. The third-order valence-electron chi connectivity index (χ3n) is 6.98. The number of phenolic OH excluding ortho intramolecular Hbond substituents is 1. The average Bonchev–Trinajstić information content (AvgIpc) is 3.66. The van der Waals surface area contributed by atoms with Crippen LogP contribution in [-0.4, -0.2) is 24.9 Å². The number of ether oxygens (including phenoxy) is 3. The van der Waals surface area contributed by atoms with Crippen molar-refractivity contribution in [2.24, 2.45) is 5.73 Å². The summed E-state index contributed by atoms with van der Waals surface area (Å²) in [6.07, 6.45) is 1.67. The standard InChI is InChI=1S/C10H8BrNO.C10H13NO.C10H9NO.C7H4BrNO/c1-2-5-13-10-4-3-8(7-12)6-9(10)11;2*1-7-6-12-10-3-2-8(5-11)4-9(7)10;8-6-3-5(4-9)1-2-7(6)10/h2-4,6H,1,5H2;2-4,7H,5-6,11H2,1H3;2-4,7H,6H2,1H3;1-3,10H. The maximum absolute atomic E-state index is 8.98. The number of hydrogen-bond donors (Lipinski definition) is 2. The molecular weight excluding hydrogens is 724 g/mol. The molecule has 2 aliphatic rings. The molecule has 3 N–H and O–H groups in total. The van der Waals surface area contributed by atoms with Crippen LogP contribution in [0.5, 0.6) is 23.0 Å². The van der Waals surface area contributed by atoms with Gasteiger partial charge < -0.3 is 25.1 Å². The Morgan fingerprint density at radius 2 is 1.32 bits per heavy atom. The molecular formula is C37H34Br2N4O4. The Morgan fingerprint density at radius 1 is 0.809 bits per heavy atom. The van der Waals surface area contributed by atoms with E-state index in [4.69, 9.17) is 40.8 Å². The number of hydrogen-bond acceptors (Lipinski definition) is 8. The summed E-state index contributed by atoms with van der Waals surface area (Å²) in [6.45, 7) is 10.4. The van der Waals surface area contributed by atoms with Crippen molar-refractivity contribution in [2.75, 3.05) is 19.8 Å². The van der Waals surface area contributed by atoms with Gasteiger partial charge in [0.15, 0.2) is 0 Å². The third-order valence-corrected chi connectivity index (χ3v) is 8.24. The molecule has 0 radical (unpaired) electrons. The molecule has 0 saturated carbocycles. The summed E-state index contributed by atoms with van der Waals surface area (Å²) in [5, 5.41) is 34.6. The number of benzene rings is 4. The third kappa shape index (κ3) is 10.6. The number of phenols is 1. The van der Waals surface area contributed by atoms with E-state index in [0.29, 0.717) is 46.2 Å². The SMILES string of the molecule is C=CCOc1ccc(C#N)cc1Br.CC1COc2ccc(C#N)cc21.CC1COc2ccc(CN)cc21.N#Cc1ccc(O)c(Br)c1. The quantitative estimate of drug-likeness (QED) is 0.197. The lowest BCUT2D eigenvalue weighted by Gasteiger charge is -2.04. The average molecular weight is 759 g/mol. The van der Waals surface area contributed by atoms with Gasteiger partial charge in [-0.25, -0.2) is 0 Å². The minimum Gasteiger partial charge on any atom is -0.507 e. The summed E-state index contributed by atoms with van der Waals surface area (Å²) in [4.78, 5) is 0. The van der Waals surface area contributed by atoms with E-state index in [-0.39, 0.29) is 5.75 Å². The van der Waals surface area contributed by atoms with Crippen molar-refractivity contribution in [3.05, 3.63) is 128 Å². The van der Waals surface area contributed by atoms with Crippen LogP contribution in [0.2, 0.25) is 0 Å². The van der Waals surface area contributed by atoms with Crippen molar-refractivity contribution < 1.29 is 19.3 Å². The highest BCUT2D eigenvalue weighted by Crippen LogP contribution is 2.34. The van der Waals surface area contributed by atoms with Crippen molar-refractivity contribution in [1.29, 1.82) is 15.8 Å². The van der Waals surface area contributed by atoms with Crippen molar-refractivity contribution in [1.82, 2.24) is 0 Å². The maximum atomic E-state index is 8.98.